The molecule has 7 N–H and O–H groups in total. The van der Waals surface area contributed by atoms with Gasteiger partial charge in [-0.15, -0.1) is 0 Å². The molecule has 244 valence electrons. The van der Waals surface area contributed by atoms with Crippen molar-refractivity contribution in [2.75, 3.05) is 13.2 Å². The summed E-state index contributed by atoms with van der Waals surface area (Å²) in [4.78, 5) is 12.6. The molecule has 0 bridgehead atoms. The van der Waals surface area contributed by atoms with Crippen molar-refractivity contribution in [1.82, 2.24) is 5.32 Å². The molecular formula is C31H61NO9. The molecule has 1 aliphatic rings. The number of hydrogen-bond acceptors (Lipinski definition) is 9. The van der Waals surface area contributed by atoms with Gasteiger partial charge in [0.2, 0.25) is 5.91 Å². The first-order chi connectivity index (χ1) is 19.8. The molecule has 0 unspecified atom stereocenters. The first-order valence-electron chi connectivity index (χ1n) is 16.3. The third-order valence-corrected chi connectivity index (χ3v) is 8.12. The lowest BCUT2D eigenvalue weighted by atomic mass is 9.99. The number of aliphatic hydroxyl groups excluding tert-OH is 6. The highest BCUT2D eigenvalue weighted by molar-refractivity contribution is 5.76. The van der Waals surface area contributed by atoms with E-state index in [9.17, 15) is 35.4 Å². The molecule has 0 saturated carbocycles. The molecule has 10 heteroatoms. The standard InChI is InChI=1S/C31H61NO9/c1-3-5-6-7-8-9-10-11-12-13-14-15-16-17-18-19-20-26(35)32-23(27(36)24(34)4-2)22-40-31-30(39)29(38)28(37)25(21-33)41-31/h23-25,27-31,33-34,36-39H,3-22H2,1-2H3,(H,32,35)/t23-,24+,25+,27-,28-,29-,30+,31-/m0/s1. The van der Waals surface area contributed by atoms with Crippen LogP contribution in [0, 0.1) is 0 Å². The van der Waals surface area contributed by atoms with Crippen LogP contribution in [-0.2, 0) is 14.3 Å². The molecule has 10 nitrogen and oxygen atoms in total. The van der Waals surface area contributed by atoms with Gasteiger partial charge in [0.25, 0.3) is 0 Å². The molecule has 0 aromatic carbocycles. The lowest BCUT2D eigenvalue weighted by molar-refractivity contribution is -0.303. The summed E-state index contributed by atoms with van der Waals surface area (Å²) in [6.07, 6.45) is 10.8. The molecule has 1 rings (SSSR count). The van der Waals surface area contributed by atoms with E-state index in [1.54, 1.807) is 6.92 Å². The Morgan fingerprint density at radius 3 is 1.71 bits per heavy atom. The molecule has 1 aliphatic heterocycles. The number of carbonyl (C=O) groups excluding carboxylic acids is 1. The van der Waals surface area contributed by atoms with Gasteiger partial charge >= 0.3 is 0 Å². The smallest absolute Gasteiger partial charge is 0.220 e. The molecule has 0 radical (unpaired) electrons. The van der Waals surface area contributed by atoms with Gasteiger partial charge in [0.15, 0.2) is 6.29 Å². The molecule has 1 saturated heterocycles. The Hall–Kier alpha value is -0.850. The van der Waals surface area contributed by atoms with E-state index in [-0.39, 0.29) is 25.4 Å². The SMILES string of the molecule is CCCCCCCCCCCCCCCCCCC(=O)N[C@@H](CO[C@H]1O[C@H](CO)[C@H](O)[C@H](O)[C@H]1O)[C@H](O)[C@H](O)CC. The Morgan fingerprint density at radius 2 is 1.24 bits per heavy atom. The zero-order valence-electron chi connectivity index (χ0n) is 25.7. The van der Waals surface area contributed by atoms with E-state index >= 15 is 0 Å². The van der Waals surface area contributed by atoms with Crippen molar-refractivity contribution in [3.05, 3.63) is 0 Å². The van der Waals surface area contributed by atoms with E-state index < -0.39 is 55.6 Å². The average molecular weight is 592 g/mol. The fraction of sp³-hybridized carbons (Fsp3) is 0.968. The van der Waals surface area contributed by atoms with Crippen LogP contribution in [-0.4, -0.2) is 98.7 Å². The Kier molecular flexibility index (Phi) is 22.0. The maximum atomic E-state index is 12.6. The molecule has 8 atom stereocenters. The van der Waals surface area contributed by atoms with Crippen LogP contribution in [0.4, 0.5) is 0 Å². The number of carbonyl (C=O) groups is 1. The van der Waals surface area contributed by atoms with E-state index in [0.29, 0.717) is 0 Å². The minimum Gasteiger partial charge on any atom is -0.394 e. The van der Waals surface area contributed by atoms with Gasteiger partial charge < -0.3 is 45.4 Å². The summed E-state index contributed by atoms with van der Waals surface area (Å²) in [5, 5.41) is 62.8. The first-order valence-corrected chi connectivity index (χ1v) is 16.3. The first kappa shape index (κ1) is 38.2. The Balaban J connectivity index is 2.24. The lowest BCUT2D eigenvalue weighted by Gasteiger charge is -2.40. The minimum absolute atomic E-state index is 0.257. The number of ether oxygens (including phenoxy) is 2. The second-order valence-electron chi connectivity index (χ2n) is 11.7. The molecular weight excluding hydrogens is 530 g/mol. The number of unbranched alkanes of at least 4 members (excludes halogenated alkanes) is 15. The summed E-state index contributed by atoms with van der Waals surface area (Å²) in [7, 11) is 0. The fourth-order valence-corrected chi connectivity index (χ4v) is 5.25. The van der Waals surface area contributed by atoms with Gasteiger partial charge in [-0.1, -0.05) is 110 Å². The summed E-state index contributed by atoms with van der Waals surface area (Å²) in [6.45, 7) is 3.04. The highest BCUT2D eigenvalue weighted by Gasteiger charge is 2.44. The number of rotatable bonds is 25. The minimum atomic E-state index is -1.60. The molecule has 1 heterocycles. The van der Waals surface area contributed by atoms with Crippen molar-refractivity contribution < 1.29 is 44.9 Å². The van der Waals surface area contributed by atoms with Crippen molar-refractivity contribution in [2.24, 2.45) is 0 Å². The summed E-state index contributed by atoms with van der Waals surface area (Å²) >= 11 is 0. The van der Waals surface area contributed by atoms with Gasteiger partial charge in [0.05, 0.1) is 25.4 Å². The molecule has 0 aromatic heterocycles. The summed E-state index contributed by atoms with van der Waals surface area (Å²) < 4.78 is 10.8. The number of nitrogens with one attached hydrogen (secondary N) is 1. The van der Waals surface area contributed by atoms with Crippen LogP contribution >= 0.6 is 0 Å². The molecule has 0 aromatic rings. The van der Waals surface area contributed by atoms with Crippen LogP contribution in [0.1, 0.15) is 129 Å². The zero-order valence-corrected chi connectivity index (χ0v) is 25.7. The van der Waals surface area contributed by atoms with Crippen molar-refractivity contribution in [3.63, 3.8) is 0 Å². The number of amides is 1. The van der Waals surface area contributed by atoms with Gasteiger partial charge in [-0.05, 0) is 12.8 Å². The number of hydrogen-bond donors (Lipinski definition) is 7. The fourth-order valence-electron chi connectivity index (χ4n) is 5.25. The van der Waals surface area contributed by atoms with Crippen LogP contribution in [0.5, 0.6) is 0 Å². The summed E-state index contributed by atoms with van der Waals surface area (Å²) in [6, 6.07) is -0.981. The van der Waals surface area contributed by atoms with Gasteiger partial charge in [0, 0.05) is 6.42 Å². The Morgan fingerprint density at radius 1 is 0.756 bits per heavy atom. The Labute approximate surface area is 247 Å². The van der Waals surface area contributed by atoms with Gasteiger partial charge in [-0.25, -0.2) is 0 Å². The van der Waals surface area contributed by atoms with E-state index in [0.717, 1.165) is 25.7 Å². The normalized spacial score (nSPS) is 25.1. The van der Waals surface area contributed by atoms with Gasteiger partial charge in [0.1, 0.15) is 30.5 Å². The maximum absolute atomic E-state index is 12.6. The summed E-state index contributed by atoms with van der Waals surface area (Å²) in [5.41, 5.74) is 0. The molecule has 0 aliphatic carbocycles. The quantitative estimate of drug-likeness (QED) is 0.0789. The van der Waals surface area contributed by atoms with E-state index in [1.807, 2.05) is 0 Å². The van der Waals surface area contributed by atoms with Crippen LogP contribution in [0.15, 0.2) is 0 Å². The van der Waals surface area contributed by atoms with Crippen molar-refractivity contribution >= 4 is 5.91 Å². The average Bonchev–Trinajstić information content (AvgIpc) is 2.97. The van der Waals surface area contributed by atoms with Crippen LogP contribution < -0.4 is 5.32 Å². The second kappa shape index (κ2) is 23.6. The predicted molar refractivity (Wildman–Crippen MR) is 158 cm³/mol. The van der Waals surface area contributed by atoms with E-state index in [2.05, 4.69) is 12.2 Å². The second-order valence-corrected chi connectivity index (χ2v) is 11.7. The predicted octanol–water partition coefficient (Wildman–Crippen LogP) is 3.07. The van der Waals surface area contributed by atoms with Crippen LogP contribution in [0.2, 0.25) is 0 Å². The van der Waals surface area contributed by atoms with Crippen molar-refractivity contribution in [2.45, 2.75) is 178 Å². The zero-order chi connectivity index (χ0) is 30.5. The van der Waals surface area contributed by atoms with Crippen molar-refractivity contribution in [3.8, 4) is 0 Å². The largest absolute Gasteiger partial charge is 0.394 e. The van der Waals surface area contributed by atoms with Crippen LogP contribution in [0.25, 0.3) is 0 Å². The van der Waals surface area contributed by atoms with E-state index in [1.165, 1.54) is 77.0 Å². The highest BCUT2D eigenvalue weighted by atomic mass is 16.7. The third-order valence-electron chi connectivity index (χ3n) is 8.12. The van der Waals surface area contributed by atoms with Gasteiger partial charge in [-0.2, -0.15) is 0 Å². The molecule has 0 spiro atoms. The van der Waals surface area contributed by atoms with Crippen LogP contribution in [0.3, 0.4) is 0 Å². The topological polar surface area (TPSA) is 169 Å². The van der Waals surface area contributed by atoms with E-state index in [4.69, 9.17) is 9.47 Å². The molecule has 1 amide bonds. The van der Waals surface area contributed by atoms with Gasteiger partial charge in [-0.3, -0.25) is 4.79 Å². The summed E-state index contributed by atoms with van der Waals surface area (Å²) in [5.74, 6) is -0.278. The lowest BCUT2D eigenvalue weighted by Crippen LogP contribution is -2.60. The third kappa shape index (κ3) is 16.0. The van der Waals surface area contributed by atoms with Crippen molar-refractivity contribution in [1.29, 1.82) is 0 Å². The number of aliphatic hydroxyl groups is 6. The molecule has 1 fully saturated rings. The maximum Gasteiger partial charge on any atom is 0.220 e. The molecule has 41 heavy (non-hydrogen) atoms. The highest BCUT2D eigenvalue weighted by Crippen LogP contribution is 2.22. The Bertz CT molecular complexity index is 639. The monoisotopic (exact) mass is 591 g/mol.